The molecule has 2 N–H and O–H groups in total. The summed E-state index contributed by atoms with van der Waals surface area (Å²) in [4.78, 5) is 0. The molecule has 1 aromatic rings. The van der Waals surface area contributed by atoms with E-state index >= 15 is 0 Å². The van der Waals surface area contributed by atoms with E-state index in [-0.39, 0.29) is 27.1 Å². The van der Waals surface area contributed by atoms with Gasteiger partial charge in [0.25, 0.3) is 0 Å². The molecule has 0 aliphatic carbocycles. The van der Waals surface area contributed by atoms with Crippen LogP contribution >= 0.6 is 0 Å². The van der Waals surface area contributed by atoms with Gasteiger partial charge in [-0.3, -0.25) is 0 Å². The molecule has 1 heterocycles. The lowest BCUT2D eigenvalue weighted by Crippen LogP contribution is -2.06. The summed E-state index contributed by atoms with van der Waals surface area (Å²) in [5, 5.41) is 47.2. The van der Waals surface area contributed by atoms with E-state index in [1.807, 2.05) is 19.9 Å². The smallest absolute Gasteiger partial charge is 0.175 e. The van der Waals surface area contributed by atoms with Crippen LogP contribution in [-0.2, 0) is 12.8 Å². The fourth-order valence-electron chi connectivity index (χ4n) is 0.956. The Hall–Kier alpha value is -2.16. The zero-order valence-corrected chi connectivity index (χ0v) is 13.2. The van der Waals surface area contributed by atoms with Crippen LogP contribution in [0.2, 0.25) is 0 Å². The Morgan fingerprint density at radius 2 is 1.26 bits per heavy atom. The second-order valence-electron chi connectivity index (χ2n) is 4.00. The van der Waals surface area contributed by atoms with Gasteiger partial charge < -0.3 is 10.2 Å². The van der Waals surface area contributed by atoms with Crippen molar-refractivity contribution in [2.75, 3.05) is 13.2 Å². The first-order chi connectivity index (χ1) is 10.7. The van der Waals surface area contributed by atoms with Gasteiger partial charge in [-0.2, -0.15) is 10.5 Å². The third-order valence-electron chi connectivity index (χ3n) is 1.96. The minimum Gasteiger partial charge on any atom is -0.396 e. The molecular weight excluding hydrogens is 296 g/mol. The van der Waals surface area contributed by atoms with Crippen LogP contribution in [0.1, 0.15) is 58.6 Å². The van der Waals surface area contributed by atoms with Crippen molar-refractivity contribution in [3.8, 4) is 12.1 Å². The number of nitrogens with zero attached hydrogens (tertiary/aromatic N) is 6. The highest BCUT2D eigenvalue weighted by Gasteiger charge is 1.98. The van der Waals surface area contributed by atoms with Gasteiger partial charge in [0.05, 0.1) is 31.8 Å². The van der Waals surface area contributed by atoms with Crippen LogP contribution in [0.5, 0.6) is 0 Å². The Morgan fingerprint density at radius 3 is 1.48 bits per heavy atom. The predicted octanol–water partition coefficient (Wildman–Crippen LogP) is 1.59. The van der Waals surface area contributed by atoms with E-state index in [4.69, 9.17) is 20.7 Å². The van der Waals surface area contributed by atoms with Gasteiger partial charge in [-0.05, 0) is 12.8 Å². The van der Waals surface area contributed by atoms with Gasteiger partial charge in [-0.15, -0.1) is 20.4 Å². The Bertz CT molecular complexity index is 384. The van der Waals surface area contributed by atoms with Gasteiger partial charge in [-0.25, -0.2) is 0 Å². The largest absolute Gasteiger partial charge is 0.396 e. The summed E-state index contributed by atoms with van der Waals surface area (Å²) >= 11 is 0. The zero-order chi connectivity index (χ0) is 17.1. The summed E-state index contributed by atoms with van der Waals surface area (Å²) in [6, 6.07) is 3.78. The van der Waals surface area contributed by atoms with Crippen molar-refractivity contribution in [1.29, 1.82) is 10.5 Å². The topological polar surface area (TPSA) is 140 Å². The number of hydrogen-bond donors (Lipinski definition) is 2. The zero-order valence-electron chi connectivity index (χ0n) is 13.2. The van der Waals surface area contributed by atoms with Gasteiger partial charge >= 0.3 is 0 Å². The van der Waals surface area contributed by atoms with Crippen LogP contribution in [0, 0.1) is 22.7 Å². The minimum atomic E-state index is -0.0174. The Balaban J connectivity index is -0.000000307. The van der Waals surface area contributed by atoms with E-state index < -0.39 is 0 Å². The Kier molecular flexibility index (Phi) is 24.8. The molecule has 23 heavy (non-hydrogen) atoms. The molecule has 0 saturated heterocycles. The molecule has 0 atom stereocenters. The van der Waals surface area contributed by atoms with Crippen LogP contribution in [-0.4, -0.2) is 43.8 Å². The fourth-order valence-corrected chi connectivity index (χ4v) is 0.956. The van der Waals surface area contributed by atoms with Crippen LogP contribution in [0.3, 0.4) is 0 Å². The number of aromatic nitrogens is 4. The number of aryl methyl sites for hydroxylation is 1. The third-order valence-corrected chi connectivity index (χ3v) is 1.96. The molecule has 0 aliphatic rings. The molecule has 1 rings (SSSR count). The number of nitriles is 2. The Labute approximate surface area is 138 Å². The molecular formula is C15H28N6O2. The van der Waals surface area contributed by atoms with Gasteiger partial charge in [0, 0.05) is 19.3 Å². The highest BCUT2D eigenvalue weighted by atomic mass is 16.3. The molecule has 0 bridgehead atoms. The van der Waals surface area contributed by atoms with Crippen molar-refractivity contribution in [1.82, 2.24) is 20.4 Å². The van der Waals surface area contributed by atoms with Gasteiger partial charge in [0.2, 0.25) is 0 Å². The molecule has 130 valence electrons. The lowest BCUT2D eigenvalue weighted by atomic mass is 10.3. The first-order valence-electron chi connectivity index (χ1n) is 7.20. The lowest BCUT2D eigenvalue weighted by Gasteiger charge is -1.95. The summed E-state index contributed by atoms with van der Waals surface area (Å²) in [5.74, 6) is 1.16. The maximum Gasteiger partial charge on any atom is 0.175 e. The number of rotatable bonds is 6. The van der Waals surface area contributed by atoms with E-state index in [1.54, 1.807) is 6.07 Å². The van der Waals surface area contributed by atoms with E-state index in [1.165, 1.54) is 0 Å². The first kappa shape index (κ1) is 25.8. The summed E-state index contributed by atoms with van der Waals surface area (Å²) in [7, 11) is 0. The normalized spacial score (nSPS) is 8.09. The molecule has 0 aromatic carbocycles. The van der Waals surface area contributed by atoms with Crippen molar-refractivity contribution in [2.24, 2.45) is 0 Å². The average molecular weight is 324 g/mol. The van der Waals surface area contributed by atoms with Gasteiger partial charge in [-0.1, -0.05) is 21.3 Å². The predicted molar refractivity (Wildman–Crippen MR) is 87.0 cm³/mol. The molecule has 8 heteroatoms. The van der Waals surface area contributed by atoms with Crippen molar-refractivity contribution in [2.45, 2.75) is 59.8 Å². The molecule has 0 aliphatic heterocycles. The second-order valence-corrected chi connectivity index (χ2v) is 4.00. The first-order valence-corrected chi connectivity index (χ1v) is 7.20. The van der Waals surface area contributed by atoms with Crippen LogP contribution < -0.4 is 0 Å². The molecule has 0 fully saturated rings. The summed E-state index contributed by atoms with van der Waals surface area (Å²) in [6.07, 6.45) is 4.14. The van der Waals surface area contributed by atoms with Crippen LogP contribution in [0.15, 0.2) is 0 Å². The van der Waals surface area contributed by atoms with Crippen molar-refractivity contribution in [3.05, 3.63) is 11.6 Å². The summed E-state index contributed by atoms with van der Waals surface area (Å²) in [6.45, 7) is 4.06. The SMILES string of the molecule is C.CCCC#N.CCCc1nnc(CCO)nn1.N#CCCO. The van der Waals surface area contributed by atoms with E-state index in [0.29, 0.717) is 24.5 Å². The monoisotopic (exact) mass is 324 g/mol. The number of hydrogen-bond acceptors (Lipinski definition) is 8. The molecule has 0 saturated carbocycles. The van der Waals surface area contributed by atoms with Crippen molar-refractivity contribution >= 4 is 0 Å². The van der Waals surface area contributed by atoms with Crippen LogP contribution in [0.25, 0.3) is 0 Å². The number of unbranched alkanes of at least 4 members (excludes halogenated alkanes) is 1. The second kappa shape index (κ2) is 22.1. The average Bonchev–Trinajstić information content (AvgIpc) is 2.53. The highest BCUT2D eigenvalue weighted by Crippen LogP contribution is 1.91. The molecule has 0 spiro atoms. The standard InChI is InChI=1S/C7H12N4O.C4H7N.C3H5NO.CH4/c1-2-3-6-8-10-7(4-5-12)11-9-6;1-2-3-4-5;4-2-1-3-5;/h12H,2-5H2,1H3;2-3H2,1H3;5H,1,3H2;1H4. The maximum absolute atomic E-state index is 8.56. The minimum absolute atomic E-state index is 0. The summed E-state index contributed by atoms with van der Waals surface area (Å²) in [5.41, 5.74) is 0. The van der Waals surface area contributed by atoms with E-state index in [0.717, 1.165) is 19.3 Å². The third kappa shape index (κ3) is 19.8. The van der Waals surface area contributed by atoms with Crippen molar-refractivity contribution < 1.29 is 10.2 Å². The van der Waals surface area contributed by atoms with Gasteiger partial charge in [0.1, 0.15) is 0 Å². The summed E-state index contributed by atoms with van der Waals surface area (Å²) < 4.78 is 0. The molecule has 8 nitrogen and oxygen atoms in total. The molecule has 0 amide bonds. The van der Waals surface area contributed by atoms with E-state index in [9.17, 15) is 0 Å². The maximum atomic E-state index is 8.56. The fraction of sp³-hybridized carbons (Fsp3) is 0.733. The molecule has 1 aromatic heterocycles. The quantitative estimate of drug-likeness (QED) is 0.804. The number of aliphatic hydroxyl groups is 2. The van der Waals surface area contributed by atoms with Gasteiger partial charge in [0.15, 0.2) is 11.6 Å². The van der Waals surface area contributed by atoms with Crippen LogP contribution in [0.4, 0.5) is 0 Å². The highest BCUT2D eigenvalue weighted by molar-refractivity contribution is 4.82. The number of aliphatic hydroxyl groups excluding tert-OH is 2. The Morgan fingerprint density at radius 1 is 0.783 bits per heavy atom. The van der Waals surface area contributed by atoms with Crippen molar-refractivity contribution in [3.63, 3.8) is 0 Å². The molecule has 0 radical (unpaired) electrons. The lowest BCUT2D eigenvalue weighted by molar-refractivity contribution is 0.295. The molecule has 0 unspecified atom stereocenters. The van der Waals surface area contributed by atoms with E-state index in [2.05, 4.69) is 20.4 Å².